The molecule has 9 heteroatoms. The van der Waals surface area contributed by atoms with Gasteiger partial charge in [0.25, 0.3) is 0 Å². The smallest absolute Gasteiger partial charge is 0.211 e. The van der Waals surface area contributed by atoms with Gasteiger partial charge in [0, 0.05) is 24.5 Å². The third-order valence-electron chi connectivity index (χ3n) is 3.31. The van der Waals surface area contributed by atoms with Gasteiger partial charge in [-0.15, -0.1) is 35.7 Å². The molecule has 6 nitrogen and oxygen atoms in total. The van der Waals surface area contributed by atoms with Gasteiger partial charge in [-0.2, -0.15) is 0 Å². The van der Waals surface area contributed by atoms with Gasteiger partial charge < -0.3 is 10.6 Å². The van der Waals surface area contributed by atoms with E-state index in [9.17, 15) is 8.42 Å². The number of hydrogen-bond acceptors (Lipinski definition) is 4. The molecule has 3 N–H and O–H groups in total. The zero-order chi connectivity index (χ0) is 18.0. The number of benzene rings is 1. The molecule has 0 aliphatic heterocycles. The topological polar surface area (TPSA) is 82.6 Å². The van der Waals surface area contributed by atoms with Crippen molar-refractivity contribution in [3.63, 3.8) is 0 Å². The first kappa shape index (κ1) is 24.5. The molecule has 0 saturated carbocycles. The molecule has 0 radical (unpaired) electrons. The number of aryl methyl sites for hydroxylation is 1. The number of guanidine groups is 1. The Hall–Kier alpha value is -0.520. The Morgan fingerprint density at radius 3 is 2.52 bits per heavy atom. The summed E-state index contributed by atoms with van der Waals surface area (Å²) in [7, 11) is -3.15. The molecule has 0 bridgehead atoms. The molecule has 0 fully saturated rings. The summed E-state index contributed by atoms with van der Waals surface area (Å²) in [4.78, 5) is 5.81. The van der Waals surface area contributed by atoms with Gasteiger partial charge in [0.2, 0.25) is 10.0 Å². The predicted molar refractivity (Wildman–Crippen MR) is 119 cm³/mol. The molecule has 0 saturated heterocycles. The number of halogens is 1. The molecule has 0 heterocycles. The number of hydrogen-bond donors (Lipinski definition) is 3. The summed E-state index contributed by atoms with van der Waals surface area (Å²) in [5.41, 5.74) is 2.41. The number of nitrogens with zero attached hydrogens (tertiary/aromatic N) is 1. The molecule has 0 atom stereocenters. The molecule has 0 amide bonds. The first-order valence-electron chi connectivity index (χ1n) is 8.04. The van der Waals surface area contributed by atoms with E-state index in [-0.39, 0.29) is 29.7 Å². The van der Waals surface area contributed by atoms with Gasteiger partial charge >= 0.3 is 0 Å². The minimum Gasteiger partial charge on any atom is -0.357 e. The van der Waals surface area contributed by atoms with Crippen molar-refractivity contribution in [2.75, 3.05) is 31.6 Å². The van der Waals surface area contributed by atoms with Crippen molar-refractivity contribution in [3.8, 4) is 0 Å². The molecule has 0 unspecified atom stereocenters. The van der Waals surface area contributed by atoms with Crippen molar-refractivity contribution in [1.82, 2.24) is 15.4 Å². The second-order valence-electron chi connectivity index (χ2n) is 5.24. The van der Waals surface area contributed by atoms with Crippen molar-refractivity contribution in [2.24, 2.45) is 4.99 Å². The van der Waals surface area contributed by atoms with E-state index in [0.29, 0.717) is 25.6 Å². The van der Waals surface area contributed by atoms with Gasteiger partial charge in [0.15, 0.2) is 5.96 Å². The van der Waals surface area contributed by atoms with Crippen LogP contribution >= 0.6 is 35.7 Å². The first-order chi connectivity index (χ1) is 11.4. The van der Waals surface area contributed by atoms with Crippen LogP contribution in [0.25, 0.3) is 0 Å². The Bertz CT molecular complexity index is 652. The largest absolute Gasteiger partial charge is 0.357 e. The summed E-state index contributed by atoms with van der Waals surface area (Å²) in [6.07, 6.45) is 2.06. The van der Waals surface area contributed by atoms with Crippen molar-refractivity contribution in [1.29, 1.82) is 0 Å². The zero-order valence-corrected chi connectivity index (χ0v) is 19.2. The highest BCUT2D eigenvalue weighted by Gasteiger charge is 2.06. The third-order valence-corrected chi connectivity index (χ3v) is 5.54. The standard InChI is InChI=1S/C16H28N4O2S2.HI/c1-5-17-16(18-9-10-20-24(21,22)6-2)19-12-14-8-7-13(3)11-15(14)23-4;/h7-8,11,20H,5-6,9-10,12H2,1-4H3,(H2,17,18,19);1H. The van der Waals surface area contributed by atoms with Crippen LogP contribution in [0, 0.1) is 6.92 Å². The highest BCUT2D eigenvalue weighted by molar-refractivity contribution is 14.0. The molecule has 144 valence electrons. The van der Waals surface area contributed by atoms with E-state index >= 15 is 0 Å². The number of thioether (sulfide) groups is 1. The Balaban J connectivity index is 0.00000576. The maximum Gasteiger partial charge on any atom is 0.211 e. The van der Waals surface area contributed by atoms with Gasteiger partial charge in [0.1, 0.15) is 0 Å². The van der Waals surface area contributed by atoms with E-state index in [2.05, 4.69) is 51.7 Å². The first-order valence-corrected chi connectivity index (χ1v) is 10.9. The lowest BCUT2D eigenvalue weighted by Crippen LogP contribution is -2.41. The summed E-state index contributed by atoms with van der Waals surface area (Å²) in [5, 5.41) is 6.31. The molecular formula is C16H29IN4O2S2. The van der Waals surface area contributed by atoms with E-state index in [1.807, 2.05) is 6.92 Å². The van der Waals surface area contributed by atoms with Crippen LogP contribution in [-0.4, -0.2) is 46.0 Å². The normalized spacial score (nSPS) is 11.8. The van der Waals surface area contributed by atoms with Crippen LogP contribution < -0.4 is 15.4 Å². The SMILES string of the molecule is CCNC(=NCc1ccc(C)cc1SC)NCCNS(=O)(=O)CC.I. The van der Waals surface area contributed by atoms with Gasteiger partial charge in [-0.3, -0.25) is 0 Å². The molecule has 0 aromatic heterocycles. The monoisotopic (exact) mass is 500 g/mol. The molecule has 0 aliphatic rings. The minimum atomic E-state index is -3.15. The highest BCUT2D eigenvalue weighted by atomic mass is 127. The minimum absolute atomic E-state index is 0. The fraction of sp³-hybridized carbons (Fsp3) is 0.562. The van der Waals surface area contributed by atoms with E-state index in [0.717, 1.165) is 6.54 Å². The number of rotatable bonds is 9. The second-order valence-corrected chi connectivity index (χ2v) is 8.18. The van der Waals surface area contributed by atoms with Gasteiger partial charge in [-0.05, 0) is 44.2 Å². The second kappa shape index (κ2) is 12.8. The maximum atomic E-state index is 11.4. The summed E-state index contributed by atoms with van der Waals surface area (Å²) in [5.74, 6) is 0.771. The van der Waals surface area contributed by atoms with Crippen molar-refractivity contribution in [3.05, 3.63) is 29.3 Å². The van der Waals surface area contributed by atoms with E-state index in [4.69, 9.17) is 0 Å². The number of nitrogens with one attached hydrogen (secondary N) is 3. The van der Waals surface area contributed by atoms with Crippen LogP contribution in [0.1, 0.15) is 25.0 Å². The van der Waals surface area contributed by atoms with Crippen LogP contribution in [0.2, 0.25) is 0 Å². The Labute approximate surface area is 173 Å². The average Bonchev–Trinajstić information content (AvgIpc) is 2.57. The van der Waals surface area contributed by atoms with E-state index in [1.54, 1.807) is 18.7 Å². The summed E-state index contributed by atoms with van der Waals surface area (Å²) in [6, 6.07) is 6.35. The Kier molecular flexibility index (Phi) is 12.5. The van der Waals surface area contributed by atoms with Crippen molar-refractivity contribution >= 4 is 51.7 Å². The lowest BCUT2D eigenvalue weighted by atomic mass is 10.1. The fourth-order valence-corrected chi connectivity index (χ4v) is 3.29. The van der Waals surface area contributed by atoms with Crippen LogP contribution in [0.15, 0.2) is 28.1 Å². The number of sulfonamides is 1. The predicted octanol–water partition coefficient (Wildman–Crippen LogP) is 2.33. The van der Waals surface area contributed by atoms with Gasteiger partial charge in [-0.1, -0.05) is 12.1 Å². The molecule has 25 heavy (non-hydrogen) atoms. The molecule has 1 aromatic carbocycles. The summed E-state index contributed by atoms with van der Waals surface area (Å²) in [6.45, 7) is 7.83. The van der Waals surface area contributed by atoms with E-state index in [1.165, 1.54) is 16.0 Å². The van der Waals surface area contributed by atoms with Crippen LogP contribution in [-0.2, 0) is 16.6 Å². The number of aliphatic imine (C=N–C) groups is 1. The van der Waals surface area contributed by atoms with E-state index < -0.39 is 10.0 Å². The maximum absolute atomic E-state index is 11.4. The Morgan fingerprint density at radius 1 is 1.20 bits per heavy atom. The molecule has 0 aliphatic carbocycles. The Morgan fingerprint density at radius 2 is 1.92 bits per heavy atom. The quantitative estimate of drug-likeness (QED) is 0.160. The van der Waals surface area contributed by atoms with Gasteiger partial charge in [0.05, 0.1) is 12.3 Å². The molecular weight excluding hydrogens is 471 g/mol. The average molecular weight is 500 g/mol. The van der Waals surface area contributed by atoms with Crippen LogP contribution in [0.4, 0.5) is 0 Å². The lowest BCUT2D eigenvalue weighted by molar-refractivity contribution is 0.582. The third kappa shape index (κ3) is 9.66. The highest BCUT2D eigenvalue weighted by Crippen LogP contribution is 2.22. The summed E-state index contributed by atoms with van der Waals surface area (Å²) >= 11 is 1.71. The zero-order valence-electron chi connectivity index (χ0n) is 15.3. The van der Waals surface area contributed by atoms with Crippen molar-refractivity contribution in [2.45, 2.75) is 32.2 Å². The van der Waals surface area contributed by atoms with Crippen LogP contribution in [0.3, 0.4) is 0 Å². The molecule has 1 rings (SSSR count). The molecule has 0 spiro atoms. The molecule has 1 aromatic rings. The summed E-state index contributed by atoms with van der Waals surface area (Å²) < 4.78 is 25.3. The lowest BCUT2D eigenvalue weighted by Gasteiger charge is -2.12. The van der Waals surface area contributed by atoms with Gasteiger partial charge in [-0.25, -0.2) is 18.1 Å². The fourth-order valence-electron chi connectivity index (χ4n) is 1.98. The van der Waals surface area contributed by atoms with Crippen LogP contribution in [0.5, 0.6) is 0 Å². The van der Waals surface area contributed by atoms with Crippen molar-refractivity contribution < 1.29 is 8.42 Å².